The first kappa shape index (κ1) is 13.5. The normalized spacial score (nSPS) is 24.1. The fourth-order valence-corrected chi connectivity index (χ4v) is 2.14. The van der Waals surface area contributed by atoms with Crippen LogP contribution in [0.4, 0.5) is 0 Å². The van der Waals surface area contributed by atoms with E-state index in [4.69, 9.17) is 20.3 Å². The lowest BCUT2D eigenvalue weighted by Crippen LogP contribution is -2.47. The van der Waals surface area contributed by atoms with E-state index in [0.717, 1.165) is 30.6 Å². The Labute approximate surface area is 108 Å². The van der Waals surface area contributed by atoms with E-state index in [1.54, 1.807) is 0 Å². The molecule has 1 aromatic carbocycles. The van der Waals surface area contributed by atoms with E-state index < -0.39 is 0 Å². The topological polar surface area (TPSA) is 64.7 Å². The molecule has 0 aliphatic carbocycles. The van der Waals surface area contributed by atoms with E-state index in [9.17, 15) is 0 Å². The predicted molar refractivity (Wildman–Crippen MR) is 69.0 cm³/mol. The predicted octanol–water partition coefficient (Wildman–Crippen LogP) is 1.20. The Morgan fingerprint density at radius 1 is 1.28 bits per heavy atom. The van der Waals surface area contributed by atoms with E-state index in [-0.39, 0.29) is 12.2 Å². The van der Waals surface area contributed by atoms with Crippen LogP contribution in [0.15, 0.2) is 24.3 Å². The Morgan fingerprint density at radius 3 is 2.56 bits per heavy atom. The van der Waals surface area contributed by atoms with E-state index in [2.05, 4.69) is 0 Å². The van der Waals surface area contributed by atoms with Gasteiger partial charge in [0, 0.05) is 13.2 Å². The molecule has 100 valence electrons. The highest BCUT2D eigenvalue weighted by Crippen LogP contribution is 2.23. The van der Waals surface area contributed by atoms with Crippen LogP contribution in [0.3, 0.4) is 0 Å². The molecule has 1 aliphatic heterocycles. The highest BCUT2D eigenvalue weighted by molar-refractivity contribution is 5.21. The van der Waals surface area contributed by atoms with Crippen molar-refractivity contribution in [2.75, 3.05) is 19.8 Å². The van der Waals surface area contributed by atoms with E-state index in [1.807, 2.05) is 24.3 Å². The summed E-state index contributed by atoms with van der Waals surface area (Å²) in [6.07, 6.45) is 1.96. The first-order chi connectivity index (χ1) is 8.78. The highest BCUT2D eigenvalue weighted by Gasteiger charge is 2.32. The maximum absolute atomic E-state index is 8.98. The molecule has 4 nitrogen and oxygen atoms in total. The van der Waals surface area contributed by atoms with Gasteiger partial charge in [0.1, 0.15) is 5.60 Å². The molecule has 1 unspecified atom stereocenters. The molecule has 1 atom stereocenters. The second kappa shape index (κ2) is 6.29. The lowest BCUT2D eigenvalue weighted by molar-refractivity contribution is -0.130. The standard InChI is InChI=1S/C14H21NO3/c15-10-14(6-1-7-17-11-14)18-9-13-4-2-12(8-16)3-5-13/h2-5,16H,1,6-11,15H2. The maximum Gasteiger partial charge on any atom is 0.104 e. The van der Waals surface area contributed by atoms with Gasteiger partial charge in [-0.05, 0) is 24.0 Å². The van der Waals surface area contributed by atoms with Gasteiger partial charge in [-0.2, -0.15) is 0 Å². The summed E-state index contributed by atoms with van der Waals surface area (Å²) >= 11 is 0. The second-order valence-electron chi connectivity index (χ2n) is 4.81. The summed E-state index contributed by atoms with van der Waals surface area (Å²) in [5.41, 5.74) is 7.48. The zero-order chi connectivity index (χ0) is 12.8. The summed E-state index contributed by atoms with van der Waals surface area (Å²) in [6, 6.07) is 7.76. The van der Waals surface area contributed by atoms with Gasteiger partial charge in [-0.1, -0.05) is 24.3 Å². The molecule has 0 bridgehead atoms. The fourth-order valence-electron chi connectivity index (χ4n) is 2.14. The van der Waals surface area contributed by atoms with E-state index in [1.165, 1.54) is 0 Å². The number of hydrogen-bond donors (Lipinski definition) is 2. The molecule has 4 heteroatoms. The Hall–Kier alpha value is -0.940. The third kappa shape index (κ3) is 3.29. The van der Waals surface area contributed by atoms with Crippen LogP contribution in [0.2, 0.25) is 0 Å². The molecule has 1 heterocycles. The van der Waals surface area contributed by atoms with Gasteiger partial charge in [-0.25, -0.2) is 0 Å². The van der Waals surface area contributed by atoms with Crippen molar-refractivity contribution in [3.05, 3.63) is 35.4 Å². The van der Waals surface area contributed by atoms with Crippen LogP contribution in [-0.4, -0.2) is 30.5 Å². The number of benzene rings is 1. The van der Waals surface area contributed by atoms with Crippen molar-refractivity contribution in [1.82, 2.24) is 0 Å². The van der Waals surface area contributed by atoms with Crippen LogP contribution in [0.1, 0.15) is 24.0 Å². The van der Waals surface area contributed by atoms with Gasteiger partial charge < -0.3 is 20.3 Å². The molecule has 18 heavy (non-hydrogen) atoms. The molecule has 1 aromatic rings. The van der Waals surface area contributed by atoms with Crippen LogP contribution in [0, 0.1) is 0 Å². The summed E-state index contributed by atoms with van der Waals surface area (Å²) in [4.78, 5) is 0. The lowest BCUT2D eigenvalue weighted by atomic mass is 9.96. The Bertz CT molecular complexity index is 358. The van der Waals surface area contributed by atoms with Crippen molar-refractivity contribution >= 4 is 0 Å². The molecule has 0 aromatic heterocycles. The number of hydrogen-bond acceptors (Lipinski definition) is 4. The summed E-state index contributed by atoms with van der Waals surface area (Å²) in [5, 5.41) is 8.98. The molecule has 0 spiro atoms. The van der Waals surface area contributed by atoms with Gasteiger partial charge in [0.25, 0.3) is 0 Å². The minimum Gasteiger partial charge on any atom is -0.392 e. The SMILES string of the molecule is NCC1(OCc2ccc(CO)cc2)CCCOC1. The number of aliphatic hydroxyl groups is 1. The minimum atomic E-state index is -0.325. The van der Waals surface area contributed by atoms with Crippen molar-refractivity contribution in [1.29, 1.82) is 0 Å². The first-order valence-electron chi connectivity index (χ1n) is 6.38. The van der Waals surface area contributed by atoms with E-state index >= 15 is 0 Å². The van der Waals surface area contributed by atoms with Crippen LogP contribution in [0.25, 0.3) is 0 Å². The highest BCUT2D eigenvalue weighted by atomic mass is 16.5. The van der Waals surface area contributed by atoms with Gasteiger partial charge in [0.05, 0.1) is 19.8 Å². The smallest absolute Gasteiger partial charge is 0.104 e. The fraction of sp³-hybridized carbons (Fsp3) is 0.571. The molecule has 1 aliphatic rings. The summed E-state index contributed by atoms with van der Waals surface area (Å²) in [5.74, 6) is 0. The summed E-state index contributed by atoms with van der Waals surface area (Å²) in [7, 11) is 0. The van der Waals surface area contributed by atoms with E-state index in [0.29, 0.717) is 19.8 Å². The van der Waals surface area contributed by atoms with Gasteiger partial charge in [0.15, 0.2) is 0 Å². The molecular formula is C14H21NO3. The first-order valence-corrected chi connectivity index (χ1v) is 6.38. The molecule has 0 amide bonds. The average Bonchev–Trinajstić information content (AvgIpc) is 2.47. The molecule has 2 rings (SSSR count). The Balaban J connectivity index is 1.92. The number of rotatable bonds is 5. The summed E-state index contributed by atoms with van der Waals surface area (Å²) in [6.45, 7) is 2.48. The summed E-state index contributed by atoms with van der Waals surface area (Å²) < 4.78 is 11.4. The van der Waals surface area contributed by atoms with Gasteiger partial charge >= 0.3 is 0 Å². The molecule has 1 fully saturated rings. The maximum atomic E-state index is 8.98. The zero-order valence-electron chi connectivity index (χ0n) is 10.6. The van der Waals surface area contributed by atoms with Crippen LogP contribution in [-0.2, 0) is 22.7 Å². The molecule has 3 N–H and O–H groups in total. The quantitative estimate of drug-likeness (QED) is 0.825. The van der Waals surface area contributed by atoms with Crippen molar-refractivity contribution < 1.29 is 14.6 Å². The number of aliphatic hydroxyl groups excluding tert-OH is 1. The van der Waals surface area contributed by atoms with Crippen molar-refractivity contribution in [3.63, 3.8) is 0 Å². The minimum absolute atomic E-state index is 0.0711. The molecule has 0 radical (unpaired) electrons. The Morgan fingerprint density at radius 2 is 2.00 bits per heavy atom. The average molecular weight is 251 g/mol. The second-order valence-corrected chi connectivity index (χ2v) is 4.81. The van der Waals surface area contributed by atoms with Crippen molar-refractivity contribution in [3.8, 4) is 0 Å². The Kier molecular flexibility index (Phi) is 4.72. The molecule has 1 saturated heterocycles. The lowest BCUT2D eigenvalue weighted by Gasteiger charge is -2.35. The van der Waals surface area contributed by atoms with Crippen LogP contribution < -0.4 is 5.73 Å². The monoisotopic (exact) mass is 251 g/mol. The third-order valence-corrected chi connectivity index (χ3v) is 3.41. The van der Waals surface area contributed by atoms with Crippen molar-refractivity contribution in [2.45, 2.75) is 31.7 Å². The van der Waals surface area contributed by atoms with Crippen molar-refractivity contribution in [2.24, 2.45) is 5.73 Å². The van der Waals surface area contributed by atoms with Crippen LogP contribution >= 0.6 is 0 Å². The van der Waals surface area contributed by atoms with Crippen LogP contribution in [0.5, 0.6) is 0 Å². The third-order valence-electron chi connectivity index (χ3n) is 3.41. The van der Waals surface area contributed by atoms with Gasteiger partial charge in [-0.15, -0.1) is 0 Å². The van der Waals surface area contributed by atoms with Gasteiger partial charge in [0.2, 0.25) is 0 Å². The van der Waals surface area contributed by atoms with Gasteiger partial charge in [-0.3, -0.25) is 0 Å². The number of ether oxygens (including phenoxy) is 2. The largest absolute Gasteiger partial charge is 0.392 e. The molecule has 0 saturated carbocycles. The zero-order valence-corrected chi connectivity index (χ0v) is 10.6. The number of nitrogens with two attached hydrogens (primary N) is 1. The molecular weight excluding hydrogens is 230 g/mol.